The van der Waals surface area contributed by atoms with Gasteiger partial charge in [0, 0.05) is 22.6 Å². The number of thioether (sulfide) groups is 1. The maximum absolute atomic E-state index is 12.8. The summed E-state index contributed by atoms with van der Waals surface area (Å²) < 4.78 is 0. The second-order valence-corrected chi connectivity index (χ2v) is 12.9. The quantitative estimate of drug-likeness (QED) is 0.344. The van der Waals surface area contributed by atoms with Crippen molar-refractivity contribution in [2.24, 2.45) is 11.3 Å². The summed E-state index contributed by atoms with van der Waals surface area (Å²) in [7, 11) is 0. The molecule has 0 aliphatic heterocycles. The number of fused-ring (bicyclic) bond motifs is 1. The zero-order chi connectivity index (χ0) is 26.7. The minimum atomic E-state index is -0.201. The Morgan fingerprint density at radius 1 is 1.22 bits per heavy atom. The van der Waals surface area contributed by atoms with E-state index in [-0.39, 0.29) is 34.7 Å². The molecule has 1 aliphatic rings. The van der Waals surface area contributed by atoms with Crippen molar-refractivity contribution in [2.75, 3.05) is 16.8 Å². The first-order valence-corrected chi connectivity index (χ1v) is 14.6. The van der Waals surface area contributed by atoms with Crippen LogP contribution in [0.5, 0.6) is 0 Å². The number of amides is 1. The molecular formula is C27H26N6OS3. The summed E-state index contributed by atoms with van der Waals surface area (Å²) in [6, 6.07) is 8.37. The smallest absolute Gasteiger partial charge is 0.225 e. The SMILES string of the molecule is CC(C)(C)C1CCc2c(sc(NC(=O)CCSc3nc(N)c(C#N)c(-c4ccsc4)c3C#N)c2C#N)C1. The van der Waals surface area contributed by atoms with Crippen LogP contribution in [0.4, 0.5) is 10.8 Å². The zero-order valence-electron chi connectivity index (χ0n) is 20.8. The Balaban J connectivity index is 1.47. The van der Waals surface area contributed by atoms with E-state index in [1.807, 2.05) is 16.8 Å². The van der Waals surface area contributed by atoms with E-state index in [1.165, 1.54) is 39.3 Å². The lowest BCUT2D eigenvalue weighted by molar-refractivity contribution is -0.115. The first-order chi connectivity index (χ1) is 17.7. The summed E-state index contributed by atoms with van der Waals surface area (Å²) >= 11 is 4.23. The molecule has 37 heavy (non-hydrogen) atoms. The molecule has 1 atom stereocenters. The fourth-order valence-corrected chi connectivity index (χ4v) is 7.44. The number of carbonyl (C=O) groups is 1. The van der Waals surface area contributed by atoms with Crippen LogP contribution in [-0.2, 0) is 17.6 Å². The van der Waals surface area contributed by atoms with Crippen molar-refractivity contribution in [1.82, 2.24) is 4.98 Å². The van der Waals surface area contributed by atoms with Crippen LogP contribution in [0.1, 0.15) is 60.7 Å². The predicted octanol–water partition coefficient (Wildman–Crippen LogP) is 6.34. The molecule has 3 N–H and O–H groups in total. The van der Waals surface area contributed by atoms with Gasteiger partial charge in [-0.05, 0) is 58.5 Å². The van der Waals surface area contributed by atoms with Crippen molar-refractivity contribution in [1.29, 1.82) is 15.8 Å². The molecule has 10 heteroatoms. The lowest BCUT2D eigenvalue weighted by atomic mass is 9.72. The van der Waals surface area contributed by atoms with Gasteiger partial charge in [0.25, 0.3) is 0 Å². The number of nitrogens with one attached hydrogen (secondary N) is 1. The van der Waals surface area contributed by atoms with Gasteiger partial charge < -0.3 is 11.1 Å². The predicted molar refractivity (Wildman–Crippen MR) is 149 cm³/mol. The highest BCUT2D eigenvalue weighted by atomic mass is 32.2. The molecule has 0 saturated heterocycles. The average Bonchev–Trinajstić information content (AvgIpc) is 3.50. The van der Waals surface area contributed by atoms with Gasteiger partial charge in [0.2, 0.25) is 5.91 Å². The summed E-state index contributed by atoms with van der Waals surface area (Å²) in [5, 5.41) is 36.9. The molecule has 1 aliphatic carbocycles. The van der Waals surface area contributed by atoms with Gasteiger partial charge in [0.1, 0.15) is 39.6 Å². The molecule has 3 aromatic rings. The Kier molecular flexibility index (Phi) is 7.90. The molecule has 188 valence electrons. The van der Waals surface area contributed by atoms with Crippen molar-refractivity contribution < 1.29 is 4.79 Å². The van der Waals surface area contributed by atoms with Gasteiger partial charge in [0.05, 0.1) is 11.1 Å². The molecule has 1 unspecified atom stereocenters. The Hall–Kier alpha value is -3.36. The van der Waals surface area contributed by atoms with Crippen LogP contribution < -0.4 is 11.1 Å². The van der Waals surface area contributed by atoms with Gasteiger partial charge in [-0.2, -0.15) is 27.1 Å². The van der Waals surface area contributed by atoms with Crippen LogP contribution in [0.2, 0.25) is 0 Å². The van der Waals surface area contributed by atoms with Crippen LogP contribution in [0, 0.1) is 45.3 Å². The topological polar surface area (TPSA) is 139 Å². The summed E-state index contributed by atoms with van der Waals surface area (Å²) in [6.07, 6.45) is 3.00. The number of nitrogens with two attached hydrogens (primary N) is 1. The van der Waals surface area contributed by atoms with Crippen LogP contribution >= 0.6 is 34.4 Å². The summed E-state index contributed by atoms with van der Waals surface area (Å²) in [4.78, 5) is 18.3. The van der Waals surface area contributed by atoms with Gasteiger partial charge in [-0.15, -0.1) is 23.1 Å². The fraction of sp³-hybridized carbons (Fsp3) is 0.370. The molecule has 3 heterocycles. The van der Waals surface area contributed by atoms with Gasteiger partial charge in [-0.1, -0.05) is 20.8 Å². The van der Waals surface area contributed by atoms with Gasteiger partial charge in [0.15, 0.2) is 0 Å². The highest BCUT2D eigenvalue weighted by Gasteiger charge is 2.32. The first-order valence-electron chi connectivity index (χ1n) is 11.8. The number of hydrogen-bond donors (Lipinski definition) is 2. The number of hydrogen-bond acceptors (Lipinski definition) is 9. The van der Waals surface area contributed by atoms with E-state index < -0.39 is 0 Å². The van der Waals surface area contributed by atoms with Gasteiger partial charge >= 0.3 is 0 Å². The summed E-state index contributed by atoms with van der Waals surface area (Å²) in [6.45, 7) is 6.75. The number of carbonyl (C=O) groups excluding carboxylic acids is 1. The largest absolute Gasteiger partial charge is 0.383 e. The number of pyridine rings is 1. The van der Waals surface area contributed by atoms with Crippen molar-refractivity contribution in [3.8, 4) is 29.3 Å². The van der Waals surface area contributed by atoms with Gasteiger partial charge in [-0.25, -0.2) is 4.98 Å². The number of nitriles is 3. The number of anilines is 2. The second-order valence-electron chi connectivity index (χ2n) is 9.93. The number of nitrogen functional groups attached to an aromatic ring is 1. The molecule has 7 nitrogen and oxygen atoms in total. The van der Waals surface area contributed by atoms with Crippen molar-refractivity contribution >= 4 is 51.2 Å². The van der Waals surface area contributed by atoms with E-state index >= 15 is 0 Å². The fourth-order valence-electron chi connectivity index (χ4n) is 4.56. The van der Waals surface area contributed by atoms with E-state index in [0.29, 0.717) is 32.8 Å². The third-order valence-corrected chi connectivity index (χ3v) is 9.48. The molecule has 0 fully saturated rings. The highest BCUT2D eigenvalue weighted by Crippen LogP contribution is 2.44. The van der Waals surface area contributed by atoms with Crippen molar-refractivity contribution in [3.63, 3.8) is 0 Å². The standard InChI is InChI=1S/C27H26N6OS3/c1-27(2,3)16-4-5-17-18(11-28)26(37-21(17)10-16)32-22(34)7-9-36-25-20(13-30)23(15-6-8-35-14-15)19(12-29)24(31)33-25/h6,8,14,16H,4-5,7,9-10H2,1-3H3,(H2,31,33)(H,32,34). The minimum absolute atomic E-state index is 0.0611. The van der Waals surface area contributed by atoms with E-state index in [9.17, 15) is 20.6 Å². The van der Waals surface area contributed by atoms with Gasteiger partial charge in [-0.3, -0.25) is 4.79 Å². The maximum atomic E-state index is 12.8. The second kappa shape index (κ2) is 10.9. The molecule has 0 aromatic carbocycles. The normalized spacial score (nSPS) is 14.8. The molecule has 0 saturated carbocycles. The Labute approximate surface area is 229 Å². The lowest BCUT2D eigenvalue weighted by Crippen LogP contribution is -2.26. The lowest BCUT2D eigenvalue weighted by Gasteiger charge is -2.33. The number of thiophene rings is 2. The third-order valence-electron chi connectivity index (χ3n) is 6.65. The van der Waals surface area contributed by atoms with Crippen molar-refractivity contribution in [3.05, 3.63) is 44.0 Å². The molecule has 3 aromatic heterocycles. The number of aromatic nitrogens is 1. The Morgan fingerprint density at radius 2 is 1.95 bits per heavy atom. The number of rotatable bonds is 6. The van der Waals surface area contributed by atoms with E-state index in [0.717, 1.165) is 30.4 Å². The average molecular weight is 547 g/mol. The molecule has 0 radical (unpaired) electrons. The van der Waals surface area contributed by atoms with Crippen LogP contribution in [-0.4, -0.2) is 16.6 Å². The third kappa shape index (κ3) is 5.50. The Morgan fingerprint density at radius 3 is 2.57 bits per heavy atom. The highest BCUT2D eigenvalue weighted by molar-refractivity contribution is 7.99. The van der Waals surface area contributed by atoms with Crippen LogP contribution in [0.15, 0.2) is 21.9 Å². The van der Waals surface area contributed by atoms with Crippen LogP contribution in [0.25, 0.3) is 11.1 Å². The summed E-state index contributed by atoms with van der Waals surface area (Å²) in [5.41, 5.74) is 9.58. The summed E-state index contributed by atoms with van der Waals surface area (Å²) in [5.74, 6) is 0.770. The molecule has 0 bridgehead atoms. The minimum Gasteiger partial charge on any atom is -0.383 e. The molecule has 0 spiro atoms. The maximum Gasteiger partial charge on any atom is 0.225 e. The van der Waals surface area contributed by atoms with E-state index in [1.54, 1.807) is 0 Å². The molecular weight excluding hydrogens is 521 g/mol. The monoisotopic (exact) mass is 546 g/mol. The van der Waals surface area contributed by atoms with E-state index in [2.05, 4.69) is 49.3 Å². The number of nitrogens with zero attached hydrogens (tertiary/aromatic N) is 4. The zero-order valence-corrected chi connectivity index (χ0v) is 23.3. The first kappa shape index (κ1) is 26.7. The molecule has 1 amide bonds. The Bertz CT molecular complexity index is 1460. The van der Waals surface area contributed by atoms with Crippen LogP contribution in [0.3, 0.4) is 0 Å². The van der Waals surface area contributed by atoms with Crippen molar-refractivity contribution in [2.45, 2.75) is 51.5 Å². The molecule has 4 rings (SSSR count). The van der Waals surface area contributed by atoms with E-state index in [4.69, 9.17) is 5.73 Å².